The lowest BCUT2D eigenvalue weighted by Gasteiger charge is -2.09. The van der Waals surface area contributed by atoms with Gasteiger partial charge in [-0.25, -0.2) is 4.39 Å². The monoisotopic (exact) mass is 261 g/mol. The molecule has 2 aromatic rings. The first-order valence-electron chi connectivity index (χ1n) is 5.26. The minimum Gasteiger partial charge on any atom is -0.484 e. The third-order valence-electron chi connectivity index (χ3n) is 2.36. The van der Waals surface area contributed by atoms with Crippen molar-refractivity contribution >= 4 is 11.6 Å². The van der Waals surface area contributed by atoms with Crippen molar-refractivity contribution in [1.29, 1.82) is 5.26 Å². The Morgan fingerprint density at radius 1 is 1.22 bits per heavy atom. The lowest BCUT2D eigenvalue weighted by molar-refractivity contribution is 0.290. The third-order valence-corrected chi connectivity index (χ3v) is 2.66. The molecule has 2 aromatic carbocycles. The van der Waals surface area contributed by atoms with Gasteiger partial charge >= 0.3 is 0 Å². The summed E-state index contributed by atoms with van der Waals surface area (Å²) >= 11 is 5.84. The SMILES string of the molecule is N#Cc1cccc(COc2c(F)cccc2Cl)c1. The molecule has 0 radical (unpaired) electrons. The molecule has 0 amide bonds. The average molecular weight is 262 g/mol. The standard InChI is InChI=1S/C14H9ClFNO/c15-12-5-2-6-13(16)14(12)18-9-11-4-1-3-10(7-11)8-17/h1-7H,9H2. The minimum absolute atomic E-state index is 0.0292. The van der Waals surface area contributed by atoms with Crippen LogP contribution in [0, 0.1) is 17.1 Å². The van der Waals surface area contributed by atoms with Crippen LogP contribution in [0.2, 0.25) is 5.02 Å². The number of hydrogen-bond donors (Lipinski definition) is 0. The molecule has 0 heterocycles. The molecular weight excluding hydrogens is 253 g/mol. The van der Waals surface area contributed by atoms with Gasteiger partial charge in [-0.1, -0.05) is 29.8 Å². The average Bonchev–Trinajstić information content (AvgIpc) is 2.38. The lowest BCUT2D eigenvalue weighted by Crippen LogP contribution is -1.98. The van der Waals surface area contributed by atoms with Crippen LogP contribution in [-0.2, 0) is 6.61 Å². The Bertz CT molecular complexity index is 587. The molecular formula is C14H9ClFNO. The van der Waals surface area contributed by atoms with Gasteiger partial charge in [-0.3, -0.25) is 0 Å². The van der Waals surface area contributed by atoms with Crippen LogP contribution in [-0.4, -0.2) is 0 Å². The van der Waals surface area contributed by atoms with Crippen LogP contribution in [0.25, 0.3) is 0 Å². The normalized spacial score (nSPS) is 9.83. The Morgan fingerprint density at radius 2 is 2.00 bits per heavy atom. The molecule has 0 unspecified atom stereocenters. The van der Waals surface area contributed by atoms with Crippen molar-refractivity contribution in [3.8, 4) is 11.8 Å². The van der Waals surface area contributed by atoms with Crippen LogP contribution in [0.3, 0.4) is 0 Å². The van der Waals surface area contributed by atoms with E-state index in [1.807, 2.05) is 6.07 Å². The fourth-order valence-electron chi connectivity index (χ4n) is 1.51. The number of nitriles is 1. The molecule has 0 aliphatic carbocycles. The largest absolute Gasteiger partial charge is 0.484 e. The first kappa shape index (κ1) is 12.4. The van der Waals surface area contributed by atoms with E-state index >= 15 is 0 Å². The Balaban J connectivity index is 2.14. The second-order valence-corrected chi connectivity index (χ2v) is 4.06. The Hall–Kier alpha value is -2.05. The molecule has 0 N–H and O–H groups in total. The summed E-state index contributed by atoms with van der Waals surface area (Å²) in [6.45, 7) is 0.163. The van der Waals surface area contributed by atoms with Crippen molar-refractivity contribution in [3.63, 3.8) is 0 Å². The van der Waals surface area contributed by atoms with Gasteiger partial charge in [0.1, 0.15) is 6.61 Å². The quantitative estimate of drug-likeness (QED) is 0.839. The number of hydrogen-bond acceptors (Lipinski definition) is 2. The van der Waals surface area contributed by atoms with Gasteiger partial charge in [0.25, 0.3) is 0 Å². The van der Waals surface area contributed by atoms with E-state index in [0.717, 1.165) is 5.56 Å². The highest BCUT2D eigenvalue weighted by Gasteiger charge is 2.08. The van der Waals surface area contributed by atoms with Gasteiger partial charge in [0.05, 0.1) is 16.7 Å². The van der Waals surface area contributed by atoms with E-state index in [1.54, 1.807) is 30.3 Å². The predicted molar refractivity (Wildman–Crippen MR) is 66.9 cm³/mol. The molecule has 0 bridgehead atoms. The maximum absolute atomic E-state index is 13.4. The maximum atomic E-state index is 13.4. The summed E-state index contributed by atoms with van der Waals surface area (Å²) < 4.78 is 18.8. The molecule has 18 heavy (non-hydrogen) atoms. The van der Waals surface area contributed by atoms with E-state index < -0.39 is 5.82 Å². The van der Waals surface area contributed by atoms with Crippen LogP contribution < -0.4 is 4.74 Å². The lowest BCUT2D eigenvalue weighted by atomic mass is 10.1. The van der Waals surface area contributed by atoms with E-state index in [-0.39, 0.29) is 17.4 Å². The van der Waals surface area contributed by atoms with Crippen LogP contribution >= 0.6 is 11.6 Å². The van der Waals surface area contributed by atoms with Gasteiger partial charge < -0.3 is 4.74 Å². The smallest absolute Gasteiger partial charge is 0.174 e. The van der Waals surface area contributed by atoms with Crippen molar-refractivity contribution in [2.45, 2.75) is 6.61 Å². The molecule has 0 aliphatic heterocycles. The fraction of sp³-hybridized carbons (Fsp3) is 0.0714. The highest BCUT2D eigenvalue weighted by molar-refractivity contribution is 6.32. The molecule has 0 saturated carbocycles. The molecule has 0 aliphatic rings. The summed E-state index contributed by atoms with van der Waals surface area (Å²) in [5.74, 6) is -0.472. The Kier molecular flexibility index (Phi) is 3.81. The molecule has 0 aromatic heterocycles. The summed E-state index contributed by atoms with van der Waals surface area (Å²) in [5, 5.41) is 8.99. The van der Waals surface area contributed by atoms with E-state index in [0.29, 0.717) is 5.56 Å². The number of para-hydroxylation sites is 1. The van der Waals surface area contributed by atoms with Crippen molar-refractivity contribution in [3.05, 3.63) is 64.4 Å². The fourth-order valence-corrected chi connectivity index (χ4v) is 1.72. The van der Waals surface area contributed by atoms with Gasteiger partial charge in [0, 0.05) is 0 Å². The molecule has 2 nitrogen and oxygen atoms in total. The highest BCUT2D eigenvalue weighted by atomic mass is 35.5. The second-order valence-electron chi connectivity index (χ2n) is 3.65. The van der Waals surface area contributed by atoms with Gasteiger partial charge in [-0.15, -0.1) is 0 Å². The van der Waals surface area contributed by atoms with Crippen molar-refractivity contribution < 1.29 is 9.13 Å². The van der Waals surface area contributed by atoms with E-state index in [4.69, 9.17) is 21.6 Å². The minimum atomic E-state index is -0.501. The van der Waals surface area contributed by atoms with E-state index in [2.05, 4.69) is 0 Å². The summed E-state index contributed by atoms with van der Waals surface area (Å²) in [6.07, 6.45) is 0. The van der Waals surface area contributed by atoms with Crippen molar-refractivity contribution in [2.75, 3.05) is 0 Å². The van der Waals surface area contributed by atoms with Gasteiger partial charge in [-0.2, -0.15) is 5.26 Å². The molecule has 4 heteroatoms. The molecule has 0 saturated heterocycles. The highest BCUT2D eigenvalue weighted by Crippen LogP contribution is 2.27. The van der Waals surface area contributed by atoms with Crippen LogP contribution in [0.5, 0.6) is 5.75 Å². The number of halogens is 2. The third kappa shape index (κ3) is 2.79. The van der Waals surface area contributed by atoms with Crippen LogP contribution in [0.1, 0.15) is 11.1 Å². The molecule has 90 valence electrons. The van der Waals surface area contributed by atoms with Crippen molar-refractivity contribution in [1.82, 2.24) is 0 Å². The summed E-state index contributed by atoms with van der Waals surface area (Å²) in [4.78, 5) is 0. The van der Waals surface area contributed by atoms with Gasteiger partial charge in [-0.05, 0) is 29.8 Å². The van der Waals surface area contributed by atoms with Crippen LogP contribution in [0.4, 0.5) is 4.39 Å². The zero-order valence-electron chi connectivity index (χ0n) is 9.36. The van der Waals surface area contributed by atoms with E-state index in [9.17, 15) is 4.39 Å². The Labute approximate surface area is 109 Å². The molecule has 0 fully saturated rings. The Morgan fingerprint density at radius 3 is 2.72 bits per heavy atom. The second kappa shape index (κ2) is 5.52. The van der Waals surface area contributed by atoms with Gasteiger partial charge in [0.2, 0.25) is 0 Å². The maximum Gasteiger partial charge on any atom is 0.174 e. The van der Waals surface area contributed by atoms with Crippen LogP contribution in [0.15, 0.2) is 42.5 Å². The number of nitrogens with zero attached hydrogens (tertiary/aromatic N) is 1. The molecule has 0 atom stereocenters. The summed E-state index contributed by atoms with van der Waals surface area (Å²) in [6, 6.07) is 13.3. The van der Waals surface area contributed by atoms with Gasteiger partial charge in [0.15, 0.2) is 11.6 Å². The van der Waals surface area contributed by atoms with E-state index in [1.165, 1.54) is 12.1 Å². The number of rotatable bonds is 3. The summed E-state index contributed by atoms with van der Waals surface area (Å²) in [7, 11) is 0. The zero-order valence-corrected chi connectivity index (χ0v) is 10.1. The first-order chi connectivity index (χ1) is 8.70. The molecule has 0 spiro atoms. The molecule has 2 rings (SSSR count). The topological polar surface area (TPSA) is 33.0 Å². The predicted octanol–water partition coefficient (Wildman–Crippen LogP) is 3.93. The first-order valence-corrected chi connectivity index (χ1v) is 5.64. The number of benzene rings is 2. The summed E-state index contributed by atoms with van der Waals surface area (Å²) in [5.41, 5.74) is 1.32. The number of ether oxygens (including phenoxy) is 1. The zero-order chi connectivity index (χ0) is 13.0. The van der Waals surface area contributed by atoms with Crippen molar-refractivity contribution in [2.24, 2.45) is 0 Å².